The molecule has 5 heteroatoms. The number of hydrogen-bond donors (Lipinski definition) is 2. The van der Waals surface area contributed by atoms with Crippen LogP contribution in [-0.4, -0.2) is 30.6 Å². The molecule has 2 N–H and O–H groups in total. The molecule has 5 nitrogen and oxygen atoms in total. The lowest BCUT2D eigenvalue weighted by atomic mass is 10.2. The maximum absolute atomic E-state index is 11.8. The second-order valence-corrected chi connectivity index (χ2v) is 3.70. The van der Waals surface area contributed by atoms with E-state index >= 15 is 0 Å². The van der Waals surface area contributed by atoms with Crippen LogP contribution < -0.4 is 15.4 Å². The average molecular weight is 221 g/mol. The van der Waals surface area contributed by atoms with E-state index in [1.807, 2.05) is 0 Å². The van der Waals surface area contributed by atoms with E-state index in [-0.39, 0.29) is 11.9 Å². The predicted molar refractivity (Wildman–Crippen MR) is 60.4 cm³/mol. The first-order chi connectivity index (χ1) is 7.81. The Hall–Kier alpha value is -1.62. The second-order valence-electron chi connectivity index (χ2n) is 3.70. The lowest BCUT2D eigenvalue weighted by Gasteiger charge is -2.12. The van der Waals surface area contributed by atoms with Crippen LogP contribution in [0.15, 0.2) is 18.3 Å². The van der Waals surface area contributed by atoms with Crippen molar-refractivity contribution in [2.45, 2.75) is 18.9 Å². The highest BCUT2D eigenvalue weighted by atomic mass is 16.5. The van der Waals surface area contributed by atoms with Gasteiger partial charge in [-0.15, -0.1) is 0 Å². The van der Waals surface area contributed by atoms with E-state index in [1.54, 1.807) is 18.3 Å². The number of pyridine rings is 1. The predicted octanol–water partition coefficient (Wildman–Crippen LogP) is 0.781. The van der Waals surface area contributed by atoms with Gasteiger partial charge in [0.05, 0.1) is 13.2 Å². The molecule has 2 heterocycles. The molecule has 1 aromatic heterocycles. The van der Waals surface area contributed by atoms with E-state index in [9.17, 15) is 4.79 Å². The van der Waals surface area contributed by atoms with Gasteiger partial charge in [0.15, 0.2) is 0 Å². The van der Waals surface area contributed by atoms with Gasteiger partial charge < -0.3 is 15.4 Å². The molecule has 0 aromatic carbocycles. The Morgan fingerprint density at radius 3 is 3.25 bits per heavy atom. The average Bonchev–Trinajstić information content (AvgIpc) is 2.83. The number of carbonyl (C=O) groups excluding carboxylic acids is 1. The van der Waals surface area contributed by atoms with Crippen molar-refractivity contribution in [2.24, 2.45) is 0 Å². The molecule has 0 spiro atoms. The fourth-order valence-electron chi connectivity index (χ4n) is 1.78. The van der Waals surface area contributed by atoms with Crippen LogP contribution in [0.2, 0.25) is 0 Å². The molecule has 0 aliphatic carbocycles. The number of anilines is 1. The van der Waals surface area contributed by atoms with Crippen LogP contribution in [0.5, 0.6) is 5.88 Å². The molecule has 1 amide bonds. The van der Waals surface area contributed by atoms with Gasteiger partial charge in [-0.1, -0.05) is 0 Å². The first-order valence-corrected chi connectivity index (χ1v) is 5.34. The zero-order valence-electron chi connectivity index (χ0n) is 9.19. The van der Waals surface area contributed by atoms with Crippen molar-refractivity contribution in [1.82, 2.24) is 10.3 Å². The third-order valence-electron chi connectivity index (χ3n) is 2.60. The van der Waals surface area contributed by atoms with Crippen LogP contribution in [0.1, 0.15) is 12.8 Å². The zero-order chi connectivity index (χ0) is 11.4. The van der Waals surface area contributed by atoms with Crippen molar-refractivity contribution in [3.05, 3.63) is 18.3 Å². The summed E-state index contributed by atoms with van der Waals surface area (Å²) in [5.74, 6) is 0.414. The van der Waals surface area contributed by atoms with Gasteiger partial charge in [-0.3, -0.25) is 4.79 Å². The number of methoxy groups -OCH3 is 1. The normalized spacial score (nSPS) is 19.4. The molecule has 1 fully saturated rings. The number of amides is 1. The highest BCUT2D eigenvalue weighted by Crippen LogP contribution is 2.20. The third-order valence-corrected chi connectivity index (χ3v) is 2.60. The number of rotatable bonds is 3. The first-order valence-electron chi connectivity index (χ1n) is 5.34. The van der Waals surface area contributed by atoms with Crippen molar-refractivity contribution < 1.29 is 9.53 Å². The van der Waals surface area contributed by atoms with Crippen molar-refractivity contribution in [3.63, 3.8) is 0 Å². The Morgan fingerprint density at radius 1 is 1.69 bits per heavy atom. The van der Waals surface area contributed by atoms with Gasteiger partial charge in [0, 0.05) is 6.20 Å². The van der Waals surface area contributed by atoms with Crippen LogP contribution in [0.4, 0.5) is 5.69 Å². The minimum absolute atomic E-state index is 0.0243. The minimum atomic E-state index is -0.0927. The molecule has 16 heavy (non-hydrogen) atoms. The number of aromatic nitrogens is 1. The Bertz CT molecular complexity index is 375. The summed E-state index contributed by atoms with van der Waals surface area (Å²) in [5.41, 5.74) is 0.615. The van der Waals surface area contributed by atoms with E-state index in [0.29, 0.717) is 11.6 Å². The summed E-state index contributed by atoms with van der Waals surface area (Å²) in [7, 11) is 1.53. The zero-order valence-corrected chi connectivity index (χ0v) is 9.19. The molecule has 2 rings (SSSR count). The van der Waals surface area contributed by atoms with Crippen LogP contribution >= 0.6 is 0 Å². The Labute approximate surface area is 94.2 Å². The molecule has 0 radical (unpaired) electrons. The Balaban J connectivity index is 2.05. The fourth-order valence-corrected chi connectivity index (χ4v) is 1.78. The largest absolute Gasteiger partial charge is 0.480 e. The van der Waals surface area contributed by atoms with E-state index in [4.69, 9.17) is 4.74 Å². The lowest BCUT2D eigenvalue weighted by molar-refractivity contribution is -0.117. The smallest absolute Gasteiger partial charge is 0.241 e. The summed E-state index contributed by atoms with van der Waals surface area (Å²) < 4.78 is 5.06. The molecule has 1 unspecified atom stereocenters. The van der Waals surface area contributed by atoms with Gasteiger partial charge in [-0.25, -0.2) is 4.98 Å². The van der Waals surface area contributed by atoms with Gasteiger partial charge in [0.25, 0.3) is 0 Å². The standard InChI is InChI=1S/C11H15N3O2/c1-16-11-9(5-3-7-13-11)14-10(15)8-4-2-6-12-8/h3,5,7-8,12H,2,4,6H2,1H3,(H,14,15). The summed E-state index contributed by atoms with van der Waals surface area (Å²) in [6.45, 7) is 0.905. The maximum Gasteiger partial charge on any atom is 0.241 e. The van der Waals surface area contributed by atoms with Gasteiger partial charge >= 0.3 is 0 Å². The van der Waals surface area contributed by atoms with Crippen molar-refractivity contribution in [2.75, 3.05) is 19.0 Å². The number of ether oxygens (including phenoxy) is 1. The summed E-state index contributed by atoms with van der Waals surface area (Å²) in [5, 5.41) is 5.96. The van der Waals surface area contributed by atoms with E-state index in [2.05, 4.69) is 15.6 Å². The lowest BCUT2D eigenvalue weighted by Crippen LogP contribution is -2.35. The molecule has 1 aromatic rings. The second kappa shape index (κ2) is 4.94. The Morgan fingerprint density at radius 2 is 2.56 bits per heavy atom. The quantitative estimate of drug-likeness (QED) is 0.791. The third kappa shape index (κ3) is 2.30. The number of nitrogens with zero attached hydrogens (tertiary/aromatic N) is 1. The number of carbonyl (C=O) groups is 1. The van der Waals surface area contributed by atoms with Crippen LogP contribution in [0.25, 0.3) is 0 Å². The van der Waals surface area contributed by atoms with Gasteiger partial charge in [-0.2, -0.15) is 0 Å². The van der Waals surface area contributed by atoms with Gasteiger partial charge in [0.2, 0.25) is 11.8 Å². The fraction of sp³-hybridized carbons (Fsp3) is 0.455. The summed E-state index contributed by atoms with van der Waals surface area (Å²) in [6.07, 6.45) is 3.55. The minimum Gasteiger partial charge on any atom is -0.480 e. The molecule has 1 atom stereocenters. The summed E-state index contributed by atoms with van der Waals surface area (Å²) >= 11 is 0. The Kier molecular flexibility index (Phi) is 3.36. The molecule has 1 aliphatic heterocycles. The van der Waals surface area contributed by atoms with E-state index in [1.165, 1.54) is 7.11 Å². The van der Waals surface area contributed by atoms with Crippen molar-refractivity contribution >= 4 is 11.6 Å². The summed E-state index contributed by atoms with van der Waals surface area (Å²) in [4.78, 5) is 15.8. The molecule has 1 saturated heterocycles. The topological polar surface area (TPSA) is 63.2 Å². The molecular weight excluding hydrogens is 206 g/mol. The highest BCUT2D eigenvalue weighted by molar-refractivity contribution is 5.95. The van der Waals surface area contributed by atoms with E-state index < -0.39 is 0 Å². The number of hydrogen-bond acceptors (Lipinski definition) is 4. The van der Waals surface area contributed by atoms with Crippen molar-refractivity contribution in [3.8, 4) is 5.88 Å². The summed E-state index contributed by atoms with van der Waals surface area (Å²) in [6, 6.07) is 3.45. The number of nitrogens with one attached hydrogen (secondary N) is 2. The molecule has 0 saturated carbocycles. The highest BCUT2D eigenvalue weighted by Gasteiger charge is 2.22. The maximum atomic E-state index is 11.8. The molecule has 0 bridgehead atoms. The van der Waals surface area contributed by atoms with Gasteiger partial charge in [0.1, 0.15) is 5.69 Å². The van der Waals surface area contributed by atoms with Crippen LogP contribution in [0.3, 0.4) is 0 Å². The van der Waals surface area contributed by atoms with Crippen molar-refractivity contribution in [1.29, 1.82) is 0 Å². The van der Waals surface area contributed by atoms with E-state index in [0.717, 1.165) is 19.4 Å². The monoisotopic (exact) mass is 221 g/mol. The molecule has 1 aliphatic rings. The molecular formula is C11H15N3O2. The van der Waals surface area contributed by atoms with Crippen LogP contribution in [0, 0.1) is 0 Å². The van der Waals surface area contributed by atoms with Crippen LogP contribution in [-0.2, 0) is 4.79 Å². The van der Waals surface area contributed by atoms with Gasteiger partial charge in [-0.05, 0) is 31.5 Å². The first kappa shape index (κ1) is 10.9. The SMILES string of the molecule is COc1ncccc1NC(=O)C1CCCN1. The molecule has 86 valence electrons.